The minimum absolute atomic E-state index is 0.00614. The first-order chi connectivity index (χ1) is 16.4. The van der Waals surface area contributed by atoms with Gasteiger partial charge < -0.3 is 14.6 Å². The van der Waals surface area contributed by atoms with Crippen LogP contribution in [0.25, 0.3) is 11.0 Å². The van der Waals surface area contributed by atoms with E-state index in [0.29, 0.717) is 29.6 Å². The Bertz CT molecular complexity index is 1300. The Labute approximate surface area is 209 Å². The van der Waals surface area contributed by atoms with Gasteiger partial charge in [0, 0.05) is 28.6 Å². The molecule has 4 aromatic rings. The molecule has 0 bridgehead atoms. The zero-order valence-corrected chi connectivity index (χ0v) is 20.8. The first kappa shape index (κ1) is 24.1. The molecule has 1 heterocycles. The summed E-state index contributed by atoms with van der Waals surface area (Å²) in [5, 5.41) is 4.20. The monoisotopic (exact) mass is 495 g/mol. The van der Waals surface area contributed by atoms with E-state index in [1.165, 1.54) is 0 Å². The maximum atomic E-state index is 12.3. The van der Waals surface area contributed by atoms with Crippen LogP contribution in [0.3, 0.4) is 0 Å². The van der Waals surface area contributed by atoms with Gasteiger partial charge in [0.15, 0.2) is 6.61 Å². The zero-order chi connectivity index (χ0) is 24.1. The van der Waals surface area contributed by atoms with E-state index < -0.39 is 0 Å². The van der Waals surface area contributed by atoms with Crippen LogP contribution in [0.4, 0.5) is 0 Å². The fraction of sp³-hybridized carbons (Fsp3) is 0.259. The van der Waals surface area contributed by atoms with Gasteiger partial charge in [-0.2, -0.15) is 0 Å². The molecule has 1 aromatic heterocycles. The number of aryl methyl sites for hydroxylation is 3. The summed E-state index contributed by atoms with van der Waals surface area (Å²) in [6.45, 7) is 5.03. The molecule has 0 aliphatic carbocycles. The number of amides is 1. The fourth-order valence-electron chi connectivity index (χ4n) is 3.87. The molecular weight excluding hydrogens is 469 g/mol. The van der Waals surface area contributed by atoms with Crippen molar-refractivity contribution in [2.24, 2.45) is 0 Å². The van der Waals surface area contributed by atoms with E-state index in [-0.39, 0.29) is 12.5 Å². The maximum absolute atomic E-state index is 12.3. The van der Waals surface area contributed by atoms with Crippen molar-refractivity contribution in [3.63, 3.8) is 0 Å². The number of ether oxygens (including phenoxy) is 1. The number of halogens is 2. The highest BCUT2D eigenvalue weighted by Gasteiger charge is 2.14. The number of carbonyl (C=O) groups excluding carboxylic acids is 1. The van der Waals surface area contributed by atoms with Crippen LogP contribution in [-0.2, 0) is 17.8 Å². The van der Waals surface area contributed by atoms with Crippen LogP contribution < -0.4 is 10.1 Å². The van der Waals surface area contributed by atoms with Gasteiger partial charge in [0.2, 0.25) is 0 Å². The number of hydrogen-bond acceptors (Lipinski definition) is 3. The predicted molar refractivity (Wildman–Crippen MR) is 138 cm³/mol. The molecule has 0 aliphatic heterocycles. The lowest BCUT2D eigenvalue weighted by atomic mass is 10.1. The van der Waals surface area contributed by atoms with Crippen molar-refractivity contribution in [3.05, 3.63) is 93.2 Å². The molecule has 7 heteroatoms. The molecule has 34 heavy (non-hydrogen) atoms. The summed E-state index contributed by atoms with van der Waals surface area (Å²) in [5.41, 5.74) is 4.93. The quantitative estimate of drug-likeness (QED) is 0.284. The number of imidazole rings is 1. The van der Waals surface area contributed by atoms with Crippen LogP contribution in [0.1, 0.15) is 28.9 Å². The Morgan fingerprint density at radius 3 is 2.59 bits per heavy atom. The third-order valence-corrected chi connectivity index (χ3v) is 6.42. The van der Waals surface area contributed by atoms with Crippen LogP contribution in [-0.4, -0.2) is 28.6 Å². The fourth-order valence-corrected chi connectivity index (χ4v) is 4.38. The first-order valence-corrected chi connectivity index (χ1v) is 12.0. The van der Waals surface area contributed by atoms with Crippen molar-refractivity contribution < 1.29 is 9.53 Å². The third-order valence-electron chi connectivity index (χ3n) is 5.71. The summed E-state index contributed by atoms with van der Waals surface area (Å²) >= 11 is 12.9. The Balaban J connectivity index is 1.37. The van der Waals surface area contributed by atoms with Gasteiger partial charge >= 0.3 is 0 Å². The molecule has 0 fully saturated rings. The Hall–Kier alpha value is -3.02. The average molecular weight is 496 g/mol. The Kier molecular flexibility index (Phi) is 7.76. The first-order valence-electron chi connectivity index (χ1n) is 11.3. The van der Waals surface area contributed by atoms with Gasteiger partial charge in [0.25, 0.3) is 5.91 Å². The summed E-state index contributed by atoms with van der Waals surface area (Å²) in [4.78, 5) is 17.1. The minimum atomic E-state index is -0.141. The van der Waals surface area contributed by atoms with Gasteiger partial charge in [0.05, 0.1) is 17.6 Å². The topological polar surface area (TPSA) is 56.1 Å². The second kappa shape index (κ2) is 10.9. The molecule has 0 aliphatic rings. The largest absolute Gasteiger partial charge is 0.483 e. The van der Waals surface area contributed by atoms with E-state index in [1.807, 2.05) is 74.5 Å². The van der Waals surface area contributed by atoms with E-state index in [1.54, 1.807) is 0 Å². The molecule has 0 saturated heterocycles. The smallest absolute Gasteiger partial charge is 0.257 e. The highest BCUT2D eigenvalue weighted by Crippen LogP contribution is 2.28. The molecule has 0 spiro atoms. The van der Waals surface area contributed by atoms with E-state index in [4.69, 9.17) is 32.9 Å². The number of carbonyl (C=O) groups is 1. The standard InChI is InChI=1S/C27H27Cl2N3O2/c1-18-12-13-19(2)25(15-18)34-17-27(33)30-14-6-11-26-31-23-9-3-4-10-24(23)32(26)16-20-21(28)7-5-8-22(20)29/h3-5,7-10,12-13,15H,6,11,14,16-17H2,1-2H3,(H,30,33). The van der Waals surface area contributed by atoms with Crippen molar-refractivity contribution in [3.8, 4) is 5.75 Å². The number of aromatic nitrogens is 2. The van der Waals surface area contributed by atoms with Crippen LogP contribution in [0.2, 0.25) is 10.0 Å². The highest BCUT2D eigenvalue weighted by molar-refractivity contribution is 6.36. The molecule has 176 valence electrons. The predicted octanol–water partition coefficient (Wildman–Crippen LogP) is 6.14. The van der Waals surface area contributed by atoms with Crippen molar-refractivity contribution in [2.45, 2.75) is 33.2 Å². The van der Waals surface area contributed by atoms with Crippen molar-refractivity contribution in [2.75, 3.05) is 13.2 Å². The van der Waals surface area contributed by atoms with Gasteiger partial charge in [-0.1, -0.05) is 53.5 Å². The molecule has 1 N–H and O–H groups in total. The van der Waals surface area contributed by atoms with Crippen molar-refractivity contribution in [1.29, 1.82) is 0 Å². The van der Waals surface area contributed by atoms with E-state index >= 15 is 0 Å². The highest BCUT2D eigenvalue weighted by atomic mass is 35.5. The Morgan fingerprint density at radius 1 is 1.03 bits per heavy atom. The maximum Gasteiger partial charge on any atom is 0.257 e. The second-order valence-corrected chi connectivity index (χ2v) is 9.13. The SMILES string of the molecule is Cc1ccc(C)c(OCC(=O)NCCCc2nc3ccccc3n2Cc2c(Cl)cccc2Cl)c1. The molecular formula is C27H27Cl2N3O2. The summed E-state index contributed by atoms with van der Waals surface area (Å²) in [6.07, 6.45) is 1.45. The van der Waals surface area contributed by atoms with Crippen molar-refractivity contribution in [1.82, 2.24) is 14.9 Å². The summed E-state index contributed by atoms with van der Waals surface area (Å²) in [7, 11) is 0. The second-order valence-electron chi connectivity index (χ2n) is 8.31. The lowest BCUT2D eigenvalue weighted by molar-refractivity contribution is -0.123. The summed E-state index contributed by atoms with van der Waals surface area (Å²) in [6, 6.07) is 19.5. The van der Waals surface area contributed by atoms with Crippen LogP contribution in [0, 0.1) is 13.8 Å². The van der Waals surface area contributed by atoms with Gasteiger partial charge in [-0.25, -0.2) is 4.98 Å². The molecule has 4 rings (SSSR count). The minimum Gasteiger partial charge on any atom is -0.483 e. The van der Waals surface area contributed by atoms with E-state index in [9.17, 15) is 4.79 Å². The van der Waals surface area contributed by atoms with Gasteiger partial charge in [-0.15, -0.1) is 0 Å². The molecule has 5 nitrogen and oxygen atoms in total. The number of fused-ring (bicyclic) bond motifs is 1. The average Bonchev–Trinajstić information content (AvgIpc) is 3.17. The number of benzene rings is 3. The van der Waals surface area contributed by atoms with E-state index in [2.05, 4.69) is 9.88 Å². The molecule has 0 saturated carbocycles. The van der Waals surface area contributed by atoms with Crippen LogP contribution in [0.5, 0.6) is 5.75 Å². The number of rotatable bonds is 9. The zero-order valence-electron chi connectivity index (χ0n) is 19.3. The number of para-hydroxylation sites is 2. The summed E-state index contributed by atoms with van der Waals surface area (Å²) < 4.78 is 7.84. The Morgan fingerprint density at radius 2 is 1.79 bits per heavy atom. The lowest BCUT2D eigenvalue weighted by Gasteiger charge is -2.13. The van der Waals surface area contributed by atoms with Crippen molar-refractivity contribution >= 4 is 40.1 Å². The normalized spacial score (nSPS) is 11.1. The lowest BCUT2D eigenvalue weighted by Crippen LogP contribution is -2.30. The molecule has 1 amide bonds. The number of nitrogens with one attached hydrogen (secondary N) is 1. The third kappa shape index (κ3) is 5.72. The van der Waals surface area contributed by atoms with Gasteiger partial charge in [-0.3, -0.25) is 4.79 Å². The molecule has 0 unspecified atom stereocenters. The van der Waals surface area contributed by atoms with E-state index in [0.717, 1.165) is 45.7 Å². The molecule has 0 atom stereocenters. The number of nitrogens with zero attached hydrogens (tertiary/aromatic N) is 2. The molecule has 3 aromatic carbocycles. The van der Waals surface area contributed by atoms with Crippen LogP contribution >= 0.6 is 23.2 Å². The van der Waals surface area contributed by atoms with Crippen LogP contribution in [0.15, 0.2) is 60.7 Å². The van der Waals surface area contributed by atoms with Gasteiger partial charge in [-0.05, 0) is 61.7 Å². The number of hydrogen-bond donors (Lipinski definition) is 1. The molecule has 0 radical (unpaired) electrons. The summed E-state index contributed by atoms with van der Waals surface area (Å²) in [5.74, 6) is 1.53. The van der Waals surface area contributed by atoms with Gasteiger partial charge in [0.1, 0.15) is 11.6 Å².